The molecule has 1 atom stereocenters. The van der Waals surface area contributed by atoms with Crippen LogP contribution in [-0.4, -0.2) is 5.75 Å². The summed E-state index contributed by atoms with van der Waals surface area (Å²) in [5.74, 6) is 1.38. The van der Waals surface area contributed by atoms with Gasteiger partial charge in [-0.15, -0.1) is 0 Å². The van der Waals surface area contributed by atoms with Gasteiger partial charge in [0.2, 0.25) is 0 Å². The summed E-state index contributed by atoms with van der Waals surface area (Å²) >= 11 is 3.95. The van der Waals surface area contributed by atoms with Gasteiger partial charge in [-0.2, -0.15) is 0 Å². The monoisotopic (exact) mass is 263 g/mol. The molecule has 52 valence electrons. The lowest BCUT2D eigenvalue weighted by atomic mass is 10.2. The predicted octanol–water partition coefficient (Wildman–Crippen LogP) is 2.16. The van der Waals surface area contributed by atoms with Crippen LogP contribution in [0.1, 0.15) is 10.8 Å². The summed E-state index contributed by atoms with van der Waals surface area (Å²) in [7, 11) is 0. The molecule has 0 radical (unpaired) electrons. The third kappa shape index (κ3) is 1.48. The van der Waals surface area contributed by atoms with Gasteiger partial charge in [-0.25, -0.2) is 0 Å². The maximum absolute atomic E-state index is 2.34. The maximum atomic E-state index is 2.34. The van der Waals surface area contributed by atoms with Crippen molar-refractivity contribution in [1.29, 1.82) is 0 Å². The number of hydrogen-bond donors (Lipinski definition) is 0. The molecular formula is C8H8IS+. The van der Waals surface area contributed by atoms with Crippen LogP contribution in [-0.2, 0) is 11.8 Å². The number of thiol groups is 1. The Hall–Kier alpha value is 0.300. The fraction of sp³-hybridized carbons (Fsp3) is 0.250. The first-order chi connectivity index (χ1) is 4.86. The van der Waals surface area contributed by atoms with Crippen molar-refractivity contribution in [3.63, 3.8) is 0 Å². The van der Waals surface area contributed by atoms with Crippen LogP contribution in [0.5, 0.6) is 0 Å². The van der Waals surface area contributed by atoms with Gasteiger partial charge >= 0.3 is 0 Å². The van der Waals surface area contributed by atoms with E-state index in [-0.39, 0.29) is 0 Å². The first kappa shape index (κ1) is 6.98. The van der Waals surface area contributed by atoms with E-state index in [4.69, 9.17) is 0 Å². The minimum absolute atomic E-state index is 0.872. The molecule has 1 aliphatic heterocycles. The minimum atomic E-state index is 0.872. The molecule has 0 nitrogen and oxygen atoms in total. The summed E-state index contributed by atoms with van der Waals surface area (Å²) in [6.45, 7) is 0. The molecular weight excluding hydrogens is 255 g/mol. The Morgan fingerprint density at radius 2 is 1.90 bits per heavy atom. The van der Waals surface area contributed by atoms with Gasteiger partial charge in [-0.1, -0.05) is 12.1 Å². The van der Waals surface area contributed by atoms with E-state index in [1.54, 1.807) is 11.8 Å². The van der Waals surface area contributed by atoms with Crippen molar-refractivity contribution in [3.8, 4) is 0 Å². The average Bonchev–Trinajstić information content (AvgIpc) is 2.71. The molecule has 2 heteroatoms. The molecule has 0 aliphatic carbocycles. The Labute approximate surface area is 78.5 Å². The zero-order valence-electron chi connectivity index (χ0n) is 5.42. The summed E-state index contributed by atoms with van der Waals surface area (Å²) in [4.78, 5) is 0. The van der Waals surface area contributed by atoms with E-state index in [2.05, 4.69) is 46.9 Å². The van der Waals surface area contributed by atoms with Crippen molar-refractivity contribution in [2.24, 2.45) is 0 Å². The maximum Gasteiger partial charge on any atom is 0.185 e. The Morgan fingerprint density at radius 1 is 1.30 bits per heavy atom. The van der Waals surface area contributed by atoms with Crippen LogP contribution in [0.3, 0.4) is 0 Å². The molecule has 0 aromatic heterocycles. The molecule has 0 bridgehead atoms. The third-order valence-electron chi connectivity index (χ3n) is 1.62. The van der Waals surface area contributed by atoms with E-state index in [0.717, 1.165) is 5.25 Å². The van der Waals surface area contributed by atoms with Crippen LogP contribution < -0.4 is 0 Å². The molecule has 0 N–H and O–H groups in total. The van der Waals surface area contributed by atoms with Gasteiger partial charge in [0.25, 0.3) is 0 Å². The van der Waals surface area contributed by atoms with Crippen LogP contribution in [0.4, 0.5) is 0 Å². The number of rotatable bonds is 1. The van der Waals surface area contributed by atoms with Crippen molar-refractivity contribution in [1.82, 2.24) is 0 Å². The Kier molecular flexibility index (Phi) is 1.91. The van der Waals surface area contributed by atoms with E-state index < -0.39 is 0 Å². The van der Waals surface area contributed by atoms with Gasteiger partial charge in [0.1, 0.15) is 0 Å². The van der Waals surface area contributed by atoms with E-state index in [1.165, 1.54) is 14.9 Å². The first-order valence-corrected chi connectivity index (χ1v) is 5.51. The number of halogens is 1. The van der Waals surface area contributed by atoms with E-state index in [1.807, 2.05) is 0 Å². The second-order valence-electron chi connectivity index (χ2n) is 2.43. The summed E-state index contributed by atoms with van der Waals surface area (Å²) in [6.07, 6.45) is 0. The molecule has 1 aromatic carbocycles. The second-order valence-corrected chi connectivity index (χ2v) is 5.03. The summed E-state index contributed by atoms with van der Waals surface area (Å²) in [6, 6.07) is 8.85. The largest absolute Gasteiger partial charge is 0.185 e. The summed E-state index contributed by atoms with van der Waals surface area (Å²) < 4.78 is 1.33. The normalized spacial score (nSPS) is 22.7. The molecule has 1 heterocycles. The standard InChI is InChI=1S/C8H7IS/c9-7-3-1-6(2-4-7)8-5-10-8/h1-4,8H,5H2/p+1. The van der Waals surface area contributed by atoms with Crippen molar-refractivity contribution in [2.75, 3.05) is 5.75 Å². The quantitative estimate of drug-likeness (QED) is 0.315. The second kappa shape index (κ2) is 2.74. The predicted molar refractivity (Wildman–Crippen MR) is 55.5 cm³/mol. The van der Waals surface area contributed by atoms with Gasteiger partial charge in [0, 0.05) is 9.13 Å². The fourth-order valence-electron chi connectivity index (χ4n) is 0.948. The van der Waals surface area contributed by atoms with Gasteiger partial charge in [0.05, 0.1) is 0 Å². The highest BCUT2D eigenvalue weighted by Crippen LogP contribution is 2.30. The van der Waals surface area contributed by atoms with Crippen LogP contribution in [0.2, 0.25) is 0 Å². The summed E-state index contributed by atoms with van der Waals surface area (Å²) in [5, 5.41) is 0.872. The van der Waals surface area contributed by atoms with Crippen molar-refractivity contribution >= 4 is 34.4 Å². The van der Waals surface area contributed by atoms with Gasteiger partial charge in [0.15, 0.2) is 11.0 Å². The molecule has 0 saturated carbocycles. The highest BCUT2D eigenvalue weighted by atomic mass is 127. The molecule has 2 rings (SSSR count). The van der Waals surface area contributed by atoms with Crippen molar-refractivity contribution < 1.29 is 0 Å². The molecule has 10 heavy (non-hydrogen) atoms. The molecule has 1 fully saturated rings. The summed E-state index contributed by atoms with van der Waals surface area (Å²) in [5.41, 5.74) is 1.52. The highest BCUT2D eigenvalue weighted by molar-refractivity contribution is 14.1. The molecule has 1 aliphatic rings. The van der Waals surface area contributed by atoms with E-state index in [9.17, 15) is 0 Å². The molecule has 1 aromatic rings. The number of hydrogen-bond acceptors (Lipinski definition) is 0. The van der Waals surface area contributed by atoms with E-state index in [0.29, 0.717) is 0 Å². The molecule has 1 saturated heterocycles. The van der Waals surface area contributed by atoms with Crippen LogP contribution >= 0.6 is 22.6 Å². The smallest absolute Gasteiger partial charge is 0.0528 e. The van der Waals surface area contributed by atoms with E-state index >= 15 is 0 Å². The Balaban J connectivity index is 2.28. The van der Waals surface area contributed by atoms with Gasteiger partial charge < -0.3 is 0 Å². The Morgan fingerprint density at radius 3 is 2.40 bits per heavy atom. The fourth-order valence-corrected chi connectivity index (χ4v) is 2.01. The Bertz CT molecular complexity index is 226. The van der Waals surface area contributed by atoms with Gasteiger partial charge in [-0.3, -0.25) is 0 Å². The van der Waals surface area contributed by atoms with Gasteiger partial charge in [-0.05, 0) is 46.5 Å². The minimum Gasteiger partial charge on any atom is -0.0528 e. The average molecular weight is 263 g/mol. The molecule has 0 spiro atoms. The number of benzene rings is 1. The lowest BCUT2D eigenvalue weighted by molar-refractivity contribution is 1.23. The zero-order chi connectivity index (χ0) is 6.97. The lowest BCUT2D eigenvalue weighted by Crippen LogP contribution is -1.78. The van der Waals surface area contributed by atoms with Crippen molar-refractivity contribution in [2.45, 2.75) is 5.25 Å². The zero-order valence-corrected chi connectivity index (χ0v) is 8.47. The van der Waals surface area contributed by atoms with Crippen LogP contribution in [0.15, 0.2) is 24.3 Å². The first-order valence-electron chi connectivity index (χ1n) is 3.28. The van der Waals surface area contributed by atoms with Crippen molar-refractivity contribution in [3.05, 3.63) is 33.4 Å². The molecule has 0 amide bonds. The molecule has 1 unspecified atom stereocenters. The van der Waals surface area contributed by atoms with Crippen LogP contribution in [0, 0.1) is 3.57 Å². The lowest BCUT2D eigenvalue weighted by Gasteiger charge is -1.90. The third-order valence-corrected chi connectivity index (χ3v) is 3.37. The topological polar surface area (TPSA) is 0 Å². The van der Waals surface area contributed by atoms with Crippen LogP contribution in [0.25, 0.3) is 0 Å². The highest BCUT2D eigenvalue weighted by Gasteiger charge is 2.35. The SMILES string of the molecule is Ic1ccc(C2C[SH+]2)cc1.